The Bertz CT molecular complexity index is 1370. The molecule has 12 heteroatoms. The van der Waals surface area contributed by atoms with Crippen molar-refractivity contribution in [1.82, 2.24) is 29.9 Å². The van der Waals surface area contributed by atoms with Crippen LogP contribution in [0.4, 0.5) is 8.78 Å². The Kier molecular flexibility index (Phi) is 6.28. The third kappa shape index (κ3) is 4.33. The van der Waals surface area contributed by atoms with Gasteiger partial charge in [0.15, 0.2) is 0 Å². The van der Waals surface area contributed by atoms with Gasteiger partial charge in [-0.15, -0.1) is 10.2 Å². The number of nitrogens with one attached hydrogen (secondary N) is 1. The maximum Gasteiger partial charge on any atom is 0.271 e. The van der Waals surface area contributed by atoms with E-state index in [1.165, 1.54) is 21.8 Å². The van der Waals surface area contributed by atoms with Crippen molar-refractivity contribution in [2.24, 2.45) is 0 Å². The van der Waals surface area contributed by atoms with Gasteiger partial charge in [0.1, 0.15) is 39.5 Å². The highest BCUT2D eigenvalue weighted by Gasteiger charge is 2.34. The van der Waals surface area contributed by atoms with E-state index in [4.69, 9.17) is 4.74 Å². The number of aryl methyl sites for hydroxylation is 3. The van der Waals surface area contributed by atoms with Crippen LogP contribution in [0.5, 0.6) is 5.88 Å². The van der Waals surface area contributed by atoms with Crippen LogP contribution >= 0.6 is 11.3 Å². The molecule has 1 unspecified atom stereocenters. The number of amides is 1. The van der Waals surface area contributed by atoms with Crippen molar-refractivity contribution in [3.8, 4) is 5.88 Å². The van der Waals surface area contributed by atoms with Gasteiger partial charge in [0, 0.05) is 6.20 Å². The number of carbonyl (C=O) groups excluding carboxylic acids is 1. The molecule has 1 amide bonds. The third-order valence-corrected chi connectivity index (χ3v) is 6.31. The number of ether oxygens (including phenoxy) is 1. The number of aromatic nitrogens is 5. The van der Waals surface area contributed by atoms with Crippen LogP contribution in [-0.2, 0) is 12.1 Å². The Balaban J connectivity index is 1.69. The summed E-state index contributed by atoms with van der Waals surface area (Å²) in [6.07, 6.45) is 1.60. The summed E-state index contributed by atoms with van der Waals surface area (Å²) >= 11 is 1.27. The number of rotatable bonds is 7. The number of aliphatic hydroxyl groups is 1. The number of halogens is 2. The summed E-state index contributed by atoms with van der Waals surface area (Å²) in [6.45, 7) is 5.95. The molecule has 0 spiro atoms. The predicted octanol–water partition coefficient (Wildman–Crippen LogP) is 3.00. The fourth-order valence-corrected chi connectivity index (χ4v) is 4.20. The van der Waals surface area contributed by atoms with Gasteiger partial charge in [0.25, 0.3) is 11.8 Å². The molecule has 3 heterocycles. The lowest BCUT2D eigenvalue weighted by atomic mass is 10.0. The average molecular weight is 489 g/mol. The molecule has 0 radical (unpaired) electrons. The van der Waals surface area contributed by atoms with Gasteiger partial charge in [-0.3, -0.25) is 9.20 Å². The molecule has 9 nitrogen and oxygen atoms in total. The zero-order valence-electron chi connectivity index (χ0n) is 18.9. The topological polar surface area (TPSA) is 115 Å². The van der Waals surface area contributed by atoms with E-state index < -0.39 is 36.3 Å². The second-order valence-electron chi connectivity index (χ2n) is 7.99. The lowest BCUT2D eigenvalue weighted by Gasteiger charge is -2.25. The van der Waals surface area contributed by atoms with E-state index in [-0.39, 0.29) is 22.8 Å². The van der Waals surface area contributed by atoms with Crippen molar-refractivity contribution in [3.05, 3.63) is 68.7 Å². The van der Waals surface area contributed by atoms with Crippen molar-refractivity contribution >= 4 is 22.9 Å². The van der Waals surface area contributed by atoms with E-state index in [1.54, 1.807) is 33.9 Å². The van der Waals surface area contributed by atoms with Crippen molar-refractivity contribution < 1.29 is 23.4 Å². The van der Waals surface area contributed by atoms with Gasteiger partial charge in [-0.25, -0.2) is 18.7 Å². The molecule has 34 heavy (non-hydrogen) atoms. The van der Waals surface area contributed by atoms with E-state index in [2.05, 4.69) is 25.5 Å². The van der Waals surface area contributed by atoms with Gasteiger partial charge in [0.05, 0.1) is 23.6 Å². The van der Waals surface area contributed by atoms with Crippen LogP contribution in [0.2, 0.25) is 0 Å². The fourth-order valence-electron chi connectivity index (χ4n) is 3.42. The second-order valence-corrected chi connectivity index (χ2v) is 9.17. The minimum Gasteiger partial charge on any atom is -0.470 e. The zero-order valence-corrected chi connectivity index (χ0v) is 19.7. The first-order chi connectivity index (χ1) is 16.1. The van der Waals surface area contributed by atoms with Gasteiger partial charge in [-0.2, -0.15) is 0 Å². The van der Waals surface area contributed by atoms with Gasteiger partial charge in [-0.05, 0) is 39.8 Å². The molecule has 178 valence electrons. The molecule has 1 atom stereocenters. The highest BCUT2D eigenvalue weighted by Crippen LogP contribution is 2.27. The van der Waals surface area contributed by atoms with Gasteiger partial charge in [-0.1, -0.05) is 17.4 Å². The molecule has 4 rings (SSSR count). The Morgan fingerprint density at radius 1 is 1.21 bits per heavy atom. The molecule has 0 aliphatic carbocycles. The van der Waals surface area contributed by atoms with Crippen LogP contribution in [0.1, 0.15) is 44.4 Å². The van der Waals surface area contributed by atoms with E-state index in [0.717, 1.165) is 12.1 Å². The summed E-state index contributed by atoms with van der Waals surface area (Å²) in [5.41, 5.74) is -0.126. The summed E-state index contributed by atoms with van der Waals surface area (Å²) in [5.74, 6) is -1.96. The Morgan fingerprint density at radius 3 is 2.53 bits per heavy atom. The number of imidazole rings is 1. The Hall–Kier alpha value is -3.51. The summed E-state index contributed by atoms with van der Waals surface area (Å²) in [6, 6.07) is 3.55. The molecule has 0 saturated heterocycles. The number of nitrogens with zero attached hydrogens (tertiary/aromatic N) is 5. The normalized spacial score (nSPS) is 13.1. The molecule has 0 fully saturated rings. The number of hydrogen-bond donors (Lipinski definition) is 2. The predicted molar refractivity (Wildman–Crippen MR) is 120 cm³/mol. The lowest BCUT2D eigenvalue weighted by molar-refractivity contribution is 0.0842. The highest BCUT2D eigenvalue weighted by atomic mass is 32.1. The summed E-state index contributed by atoms with van der Waals surface area (Å²) in [4.78, 5) is 22.0. The van der Waals surface area contributed by atoms with Gasteiger partial charge >= 0.3 is 0 Å². The Labute approximate surface area is 197 Å². The summed E-state index contributed by atoms with van der Waals surface area (Å²) in [7, 11) is 0. The molecule has 4 aromatic rings. The first-order valence-corrected chi connectivity index (χ1v) is 11.1. The molecular formula is C22H22F2N6O3S. The number of fused-ring (bicyclic) bond motifs is 1. The molecule has 0 bridgehead atoms. The van der Waals surface area contributed by atoms with Crippen molar-refractivity contribution in [3.63, 3.8) is 0 Å². The maximum absolute atomic E-state index is 14.0. The van der Waals surface area contributed by atoms with Gasteiger partial charge in [0.2, 0.25) is 5.65 Å². The van der Waals surface area contributed by atoms with Crippen molar-refractivity contribution in [2.45, 2.75) is 39.8 Å². The first kappa shape index (κ1) is 23.6. The Morgan fingerprint density at radius 2 is 1.91 bits per heavy atom. The van der Waals surface area contributed by atoms with Crippen LogP contribution in [-0.4, -0.2) is 42.2 Å². The second kappa shape index (κ2) is 9.03. The van der Waals surface area contributed by atoms with Crippen molar-refractivity contribution in [1.29, 1.82) is 0 Å². The highest BCUT2D eigenvalue weighted by molar-refractivity contribution is 7.11. The van der Waals surface area contributed by atoms with Crippen LogP contribution in [0, 0.1) is 32.4 Å². The fraction of sp³-hybridized carbons (Fsp3) is 0.318. The van der Waals surface area contributed by atoms with Crippen LogP contribution < -0.4 is 10.1 Å². The SMILES string of the molecule is Cc1cn2c(C(=O)NC(C)(CO)c3nnc(C)s3)c(C)nc2c(OCc2c(F)cccc2F)n1. The minimum absolute atomic E-state index is 0.0227. The molecule has 0 saturated carbocycles. The molecule has 1 aromatic carbocycles. The quantitative estimate of drug-likeness (QED) is 0.411. The van der Waals surface area contributed by atoms with E-state index in [9.17, 15) is 18.7 Å². The first-order valence-electron chi connectivity index (χ1n) is 10.3. The maximum atomic E-state index is 14.0. The zero-order chi connectivity index (χ0) is 24.6. The van der Waals surface area contributed by atoms with E-state index in [1.807, 2.05) is 0 Å². The van der Waals surface area contributed by atoms with E-state index >= 15 is 0 Å². The summed E-state index contributed by atoms with van der Waals surface area (Å²) < 4.78 is 35.1. The molecule has 2 N–H and O–H groups in total. The number of hydrogen-bond acceptors (Lipinski definition) is 8. The minimum atomic E-state index is -1.16. The number of carbonyl (C=O) groups is 1. The average Bonchev–Trinajstić information content (AvgIpc) is 3.36. The van der Waals surface area contributed by atoms with Crippen LogP contribution in [0.15, 0.2) is 24.4 Å². The number of aliphatic hydroxyl groups excluding tert-OH is 1. The molecule has 3 aromatic heterocycles. The smallest absolute Gasteiger partial charge is 0.271 e. The summed E-state index contributed by atoms with van der Waals surface area (Å²) in [5, 5.41) is 22.0. The molecule has 0 aliphatic rings. The number of benzene rings is 1. The molecular weight excluding hydrogens is 466 g/mol. The molecule has 0 aliphatic heterocycles. The third-order valence-electron chi connectivity index (χ3n) is 5.20. The van der Waals surface area contributed by atoms with Crippen molar-refractivity contribution in [2.75, 3.05) is 6.61 Å². The van der Waals surface area contributed by atoms with E-state index in [0.29, 0.717) is 21.4 Å². The lowest BCUT2D eigenvalue weighted by Crippen LogP contribution is -2.46. The van der Waals surface area contributed by atoms with Crippen LogP contribution in [0.3, 0.4) is 0 Å². The van der Waals surface area contributed by atoms with Crippen LogP contribution in [0.25, 0.3) is 5.65 Å². The largest absolute Gasteiger partial charge is 0.470 e. The monoisotopic (exact) mass is 488 g/mol. The standard InChI is InChI=1S/C22H22F2N6O3S/c1-11-8-30-17(19(32)27-22(4,10-31)21-29-28-13(3)34-21)12(2)26-18(30)20(25-11)33-9-14-15(23)6-5-7-16(14)24/h5-8,31H,9-10H2,1-4H3,(H,27,32). The van der Waals surface area contributed by atoms with Gasteiger partial charge < -0.3 is 15.2 Å².